The van der Waals surface area contributed by atoms with Gasteiger partial charge in [-0.3, -0.25) is 4.57 Å². The second-order valence-corrected chi connectivity index (χ2v) is 9.76. The van der Waals surface area contributed by atoms with E-state index >= 15 is 0 Å². The topological polar surface area (TPSA) is 79.4 Å². The molecule has 0 N–H and O–H groups in total. The van der Waals surface area contributed by atoms with Crippen molar-refractivity contribution in [1.82, 2.24) is 14.8 Å². The fraction of sp³-hybridized carbons (Fsp3) is 0.250. The van der Waals surface area contributed by atoms with E-state index in [2.05, 4.69) is 26.9 Å². The van der Waals surface area contributed by atoms with Gasteiger partial charge in [0.2, 0.25) is 0 Å². The molecule has 3 aromatic carbocycles. The van der Waals surface area contributed by atoms with Gasteiger partial charge in [0.15, 0.2) is 11.0 Å². The van der Waals surface area contributed by atoms with Gasteiger partial charge in [0, 0.05) is 29.4 Å². The summed E-state index contributed by atoms with van der Waals surface area (Å²) < 4.78 is 18.9. The molecule has 1 fully saturated rings. The van der Waals surface area contributed by atoms with Gasteiger partial charge in [0.05, 0.1) is 19.8 Å². The molecule has 0 amide bonds. The smallest absolute Gasteiger partial charge is 0.336 e. The summed E-state index contributed by atoms with van der Waals surface area (Å²) in [6.45, 7) is 1.46. The van der Waals surface area contributed by atoms with E-state index in [4.69, 9.17) is 13.9 Å². The van der Waals surface area contributed by atoms with E-state index in [1.165, 1.54) is 0 Å². The van der Waals surface area contributed by atoms with E-state index in [1.54, 1.807) is 24.9 Å². The zero-order chi connectivity index (χ0) is 24.5. The Balaban J connectivity index is 1.38. The van der Waals surface area contributed by atoms with Crippen molar-refractivity contribution in [2.24, 2.45) is 0 Å². The molecule has 1 saturated heterocycles. The molecule has 1 unspecified atom stereocenters. The van der Waals surface area contributed by atoms with Crippen molar-refractivity contribution >= 4 is 33.5 Å². The molecule has 5 aromatic rings. The number of rotatable bonds is 7. The number of benzene rings is 3. The largest absolute Gasteiger partial charge is 0.497 e. The van der Waals surface area contributed by atoms with Gasteiger partial charge in [-0.1, -0.05) is 42.1 Å². The second-order valence-electron chi connectivity index (χ2n) is 8.82. The van der Waals surface area contributed by atoms with Gasteiger partial charge >= 0.3 is 5.63 Å². The molecule has 0 saturated carbocycles. The van der Waals surface area contributed by atoms with Crippen LogP contribution in [0.4, 0.5) is 0 Å². The van der Waals surface area contributed by atoms with Crippen molar-refractivity contribution in [1.29, 1.82) is 0 Å². The third-order valence-electron chi connectivity index (χ3n) is 6.55. The summed E-state index contributed by atoms with van der Waals surface area (Å²) in [6, 6.07) is 21.4. The second kappa shape index (κ2) is 9.79. The molecule has 1 aliphatic heterocycles. The Bertz CT molecular complexity index is 1590. The van der Waals surface area contributed by atoms with Crippen molar-refractivity contribution in [2.75, 3.05) is 13.7 Å². The van der Waals surface area contributed by atoms with Gasteiger partial charge in [-0.05, 0) is 59.5 Å². The number of ether oxygens (including phenoxy) is 2. The maximum Gasteiger partial charge on any atom is 0.336 e. The first-order valence-electron chi connectivity index (χ1n) is 12.0. The van der Waals surface area contributed by atoms with Gasteiger partial charge in [-0.2, -0.15) is 0 Å². The molecular formula is C28H25N3O4S. The Morgan fingerprint density at radius 3 is 2.75 bits per heavy atom. The number of hydrogen-bond acceptors (Lipinski definition) is 7. The standard InChI is InChI=1S/C28H25N3O4S/c1-33-21-11-8-19(9-12-21)27-29-30-28(31(27)16-22-6-4-14-34-22)36-17-20-15-25(32)35-24-13-10-18-5-2-3-7-23(18)26(20)24/h2-3,5,7-13,15,22H,4,6,14,16-17H2,1H3. The number of hydrogen-bond donors (Lipinski definition) is 0. The van der Waals surface area contributed by atoms with E-state index in [0.29, 0.717) is 17.9 Å². The quantitative estimate of drug-likeness (QED) is 0.162. The van der Waals surface area contributed by atoms with Crippen molar-refractivity contribution in [3.63, 3.8) is 0 Å². The number of methoxy groups -OCH3 is 1. The number of aromatic nitrogens is 3. The molecule has 0 spiro atoms. The molecule has 0 radical (unpaired) electrons. The maximum absolute atomic E-state index is 12.4. The molecule has 8 heteroatoms. The number of fused-ring (bicyclic) bond motifs is 3. The van der Waals surface area contributed by atoms with E-state index in [9.17, 15) is 4.79 Å². The third-order valence-corrected chi connectivity index (χ3v) is 7.56. The van der Waals surface area contributed by atoms with Crippen LogP contribution in [0.5, 0.6) is 5.75 Å². The van der Waals surface area contributed by atoms with Crippen LogP contribution in [0.15, 0.2) is 81.1 Å². The van der Waals surface area contributed by atoms with Gasteiger partial charge in [0.25, 0.3) is 0 Å². The molecule has 0 aliphatic carbocycles. The molecule has 7 nitrogen and oxygen atoms in total. The summed E-state index contributed by atoms with van der Waals surface area (Å²) in [5, 5.41) is 13.0. The van der Waals surface area contributed by atoms with Crippen molar-refractivity contribution < 1.29 is 13.9 Å². The third kappa shape index (κ3) is 4.38. The Labute approximate surface area is 212 Å². The summed E-state index contributed by atoms with van der Waals surface area (Å²) in [5.74, 6) is 2.14. The van der Waals surface area contributed by atoms with Gasteiger partial charge in [-0.25, -0.2) is 4.79 Å². The number of thioether (sulfide) groups is 1. The SMILES string of the molecule is COc1ccc(-c2nnc(SCc3cc(=O)oc4ccc5ccccc5c34)n2CC2CCCO2)cc1. The first-order chi connectivity index (χ1) is 17.7. The summed E-state index contributed by atoms with van der Waals surface area (Å²) in [4.78, 5) is 12.4. The molecule has 2 aromatic heterocycles. The first kappa shape index (κ1) is 22.8. The minimum atomic E-state index is -0.354. The van der Waals surface area contributed by atoms with E-state index < -0.39 is 0 Å². The summed E-state index contributed by atoms with van der Waals surface area (Å²) >= 11 is 1.57. The Hall–Kier alpha value is -3.62. The highest BCUT2D eigenvalue weighted by Crippen LogP contribution is 2.33. The summed E-state index contributed by atoms with van der Waals surface area (Å²) in [6.07, 6.45) is 2.21. The van der Waals surface area contributed by atoms with Gasteiger partial charge in [0.1, 0.15) is 11.3 Å². The molecule has 6 rings (SSSR count). The molecule has 36 heavy (non-hydrogen) atoms. The molecule has 0 bridgehead atoms. The summed E-state index contributed by atoms with van der Waals surface area (Å²) in [5.41, 5.74) is 2.12. The molecule has 1 atom stereocenters. The highest BCUT2D eigenvalue weighted by atomic mass is 32.2. The lowest BCUT2D eigenvalue weighted by Gasteiger charge is -2.15. The lowest BCUT2D eigenvalue weighted by Crippen LogP contribution is -2.16. The summed E-state index contributed by atoms with van der Waals surface area (Å²) in [7, 11) is 1.65. The van der Waals surface area contributed by atoms with Crippen LogP contribution in [0.1, 0.15) is 18.4 Å². The number of nitrogens with zero attached hydrogens (tertiary/aromatic N) is 3. The predicted molar refractivity (Wildman–Crippen MR) is 141 cm³/mol. The molecule has 182 valence electrons. The minimum Gasteiger partial charge on any atom is -0.497 e. The normalized spacial score (nSPS) is 15.6. The van der Waals surface area contributed by atoms with Crippen LogP contribution in [-0.4, -0.2) is 34.6 Å². The van der Waals surface area contributed by atoms with Crippen molar-refractivity contribution in [2.45, 2.75) is 36.4 Å². The highest BCUT2D eigenvalue weighted by Gasteiger charge is 2.22. The average molecular weight is 500 g/mol. The van der Waals surface area contributed by atoms with Gasteiger partial charge in [-0.15, -0.1) is 10.2 Å². The van der Waals surface area contributed by atoms with Crippen LogP contribution < -0.4 is 10.4 Å². The Morgan fingerprint density at radius 1 is 1.08 bits per heavy atom. The van der Waals surface area contributed by atoms with Crippen LogP contribution in [0.25, 0.3) is 33.1 Å². The van der Waals surface area contributed by atoms with E-state index in [1.807, 2.05) is 48.5 Å². The lowest BCUT2D eigenvalue weighted by molar-refractivity contribution is 0.0953. The highest BCUT2D eigenvalue weighted by molar-refractivity contribution is 7.98. The predicted octanol–water partition coefficient (Wildman–Crippen LogP) is 5.68. The zero-order valence-electron chi connectivity index (χ0n) is 19.8. The molecule has 1 aliphatic rings. The monoisotopic (exact) mass is 499 g/mol. The zero-order valence-corrected chi connectivity index (χ0v) is 20.7. The fourth-order valence-electron chi connectivity index (χ4n) is 4.78. The first-order valence-corrected chi connectivity index (χ1v) is 12.9. The molecule has 3 heterocycles. The van der Waals surface area contributed by atoms with Crippen molar-refractivity contribution in [3.05, 3.63) is 82.7 Å². The van der Waals surface area contributed by atoms with Crippen LogP contribution in [-0.2, 0) is 17.0 Å². The van der Waals surface area contributed by atoms with Crippen LogP contribution in [0, 0.1) is 0 Å². The van der Waals surface area contributed by atoms with E-state index in [-0.39, 0.29) is 11.7 Å². The molecular weight excluding hydrogens is 474 g/mol. The van der Waals surface area contributed by atoms with Gasteiger partial charge < -0.3 is 13.9 Å². The van der Waals surface area contributed by atoms with Crippen LogP contribution in [0.3, 0.4) is 0 Å². The average Bonchev–Trinajstić information content (AvgIpc) is 3.57. The fourth-order valence-corrected chi connectivity index (χ4v) is 5.71. The van der Waals surface area contributed by atoms with Crippen LogP contribution >= 0.6 is 11.8 Å². The Kier molecular flexibility index (Phi) is 6.21. The Morgan fingerprint density at radius 2 is 1.94 bits per heavy atom. The minimum absolute atomic E-state index is 0.130. The van der Waals surface area contributed by atoms with E-state index in [0.717, 1.165) is 63.5 Å². The lowest BCUT2D eigenvalue weighted by atomic mass is 10.0. The van der Waals surface area contributed by atoms with Crippen molar-refractivity contribution in [3.8, 4) is 17.1 Å². The van der Waals surface area contributed by atoms with Crippen LogP contribution in [0.2, 0.25) is 0 Å². The maximum atomic E-state index is 12.4.